The molecule has 6 rings (SSSR count). The molecule has 0 radical (unpaired) electrons. The van der Waals surface area contributed by atoms with Crippen molar-refractivity contribution in [1.29, 1.82) is 0 Å². The molecule has 31 heavy (non-hydrogen) atoms. The van der Waals surface area contributed by atoms with E-state index in [-0.39, 0.29) is 0 Å². The lowest BCUT2D eigenvalue weighted by Crippen LogP contribution is -2.43. The third-order valence-corrected chi connectivity index (χ3v) is 8.39. The minimum absolute atomic E-state index is 0.306. The zero-order chi connectivity index (χ0) is 20.6. The number of nitrogens with one attached hydrogen (secondary N) is 1. The summed E-state index contributed by atoms with van der Waals surface area (Å²) in [4.78, 5) is 1.33. The van der Waals surface area contributed by atoms with Crippen molar-refractivity contribution in [2.24, 2.45) is 0 Å². The van der Waals surface area contributed by atoms with Gasteiger partial charge in [0.15, 0.2) is 0 Å². The van der Waals surface area contributed by atoms with Crippen molar-refractivity contribution in [3.8, 4) is 0 Å². The molecule has 5 atom stereocenters. The lowest BCUT2D eigenvalue weighted by Gasteiger charge is -2.35. The van der Waals surface area contributed by atoms with Crippen LogP contribution in [0.25, 0.3) is 0 Å². The van der Waals surface area contributed by atoms with Crippen molar-refractivity contribution in [2.75, 3.05) is 0 Å². The molecule has 3 nitrogen and oxygen atoms in total. The van der Waals surface area contributed by atoms with Gasteiger partial charge in [0, 0.05) is 22.9 Å². The highest BCUT2D eigenvalue weighted by molar-refractivity contribution is 8.00. The molecule has 3 fully saturated rings. The molecule has 1 saturated carbocycles. The second-order valence-electron chi connectivity index (χ2n) is 8.93. The number of nitrogens with zero attached hydrogens (tertiary/aromatic N) is 2. The predicted molar refractivity (Wildman–Crippen MR) is 127 cm³/mol. The SMILES string of the molecule is c1ccc(SC2C(c3ccccc3)C(c3ccccc3)N3C4CCCCC4NN23)cc1. The molecule has 0 aromatic heterocycles. The second kappa shape index (κ2) is 8.44. The molecular weight excluding hydrogens is 398 g/mol. The maximum atomic E-state index is 3.96. The number of rotatable bonds is 4. The summed E-state index contributed by atoms with van der Waals surface area (Å²) in [5, 5.41) is 5.55. The fourth-order valence-corrected chi connectivity index (χ4v) is 7.10. The van der Waals surface area contributed by atoms with Gasteiger partial charge in [-0.2, -0.15) is 5.12 Å². The lowest BCUT2D eigenvalue weighted by atomic mass is 9.84. The molecular formula is C27H29N3S. The van der Waals surface area contributed by atoms with Crippen LogP contribution in [0.2, 0.25) is 0 Å². The van der Waals surface area contributed by atoms with Crippen LogP contribution in [0.5, 0.6) is 0 Å². The topological polar surface area (TPSA) is 18.5 Å². The first-order valence-corrected chi connectivity index (χ1v) is 12.4. The maximum absolute atomic E-state index is 3.96. The minimum atomic E-state index is 0.306. The molecule has 2 saturated heterocycles. The average molecular weight is 428 g/mol. The smallest absolute Gasteiger partial charge is 0.0988 e. The van der Waals surface area contributed by atoms with E-state index in [1.165, 1.54) is 41.7 Å². The molecule has 1 N–H and O–H groups in total. The third kappa shape index (κ3) is 3.52. The molecule has 2 heterocycles. The van der Waals surface area contributed by atoms with Gasteiger partial charge in [-0.05, 0) is 36.1 Å². The Morgan fingerprint density at radius 1 is 0.710 bits per heavy atom. The van der Waals surface area contributed by atoms with Crippen LogP contribution in [-0.2, 0) is 0 Å². The van der Waals surface area contributed by atoms with Gasteiger partial charge in [0.25, 0.3) is 0 Å². The van der Waals surface area contributed by atoms with Crippen LogP contribution in [-0.4, -0.2) is 27.6 Å². The first-order chi connectivity index (χ1) is 15.4. The molecule has 0 spiro atoms. The molecule has 3 aromatic rings. The average Bonchev–Trinajstić information content (AvgIpc) is 3.36. The summed E-state index contributed by atoms with van der Waals surface area (Å²) in [6, 6.07) is 34.7. The summed E-state index contributed by atoms with van der Waals surface area (Å²) in [7, 11) is 0. The van der Waals surface area contributed by atoms with Gasteiger partial charge in [-0.1, -0.05) is 91.7 Å². The highest BCUT2D eigenvalue weighted by Gasteiger charge is 2.57. The fourth-order valence-electron chi connectivity index (χ4n) is 5.79. The van der Waals surface area contributed by atoms with Crippen LogP contribution >= 0.6 is 11.8 Å². The van der Waals surface area contributed by atoms with E-state index in [4.69, 9.17) is 0 Å². The van der Waals surface area contributed by atoms with Crippen molar-refractivity contribution in [2.45, 2.75) is 60.0 Å². The van der Waals surface area contributed by atoms with Crippen LogP contribution in [0, 0.1) is 0 Å². The highest BCUT2D eigenvalue weighted by atomic mass is 32.2. The van der Waals surface area contributed by atoms with E-state index >= 15 is 0 Å². The maximum Gasteiger partial charge on any atom is 0.0988 e. The Kier molecular flexibility index (Phi) is 5.33. The molecule has 4 heteroatoms. The summed E-state index contributed by atoms with van der Waals surface area (Å²) in [6.45, 7) is 0. The van der Waals surface area contributed by atoms with E-state index < -0.39 is 0 Å². The van der Waals surface area contributed by atoms with Gasteiger partial charge in [-0.25, -0.2) is 10.4 Å². The number of hydrazine groups is 2. The molecule has 3 aliphatic rings. The van der Waals surface area contributed by atoms with Gasteiger partial charge in [-0.3, -0.25) is 0 Å². The van der Waals surface area contributed by atoms with Crippen molar-refractivity contribution >= 4 is 11.8 Å². The zero-order valence-corrected chi connectivity index (χ0v) is 18.5. The summed E-state index contributed by atoms with van der Waals surface area (Å²) >= 11 is 2.00. The molecule has 0 bridgehead atoms. The Balaban J connectivity index is 1.48. The quantitative estimate of drug-likeness (QED) is 0.551. The fraction of sp³-hybridized carbons (Fsp3) is 0.333. The number of thioether (sulfide) groups is 1. The van der Waals surface area contributed by atoms with Crippen molar-refractivity contribution in [1.82, 2.24) is 15.6 Å². The van der Waals surface area contributed by atoms with Crippen LogP contribution in [0.3, 0.4) is 0 Å². The number of hydrogen-bond acceptors (Lipinski definition) is 4. The van der Waals surface area contributed by atoms with Gasteiger partial charge < -0.3 is 0 Å². The monoisotopic (exact) mass is 427 g/mol. The summed E-state index contributed by atoms with van der Waals surface area (Å²) < 4.78 is 0. The number of fused-ring (bicyclic) bond motifs is 3. The zero-order valence-electron chi connectivity index (χ0n) is 17.7. The number of hydrogen-bond donors (Lipinski definition) is 1. The highest BCUT2D eigenvalue weighted by Crippen LogP contribution is 2.55. The molecule has 2 aliphatic heterocycles. The molecule has 158 valence electrons. The molecule has 5 unspecified atom stereocenters. The standard InChI is InChI=1S/C27H29N3S/c1-4-12-20(13-5-1)25-26(21-14-6-2-7-15-21)29-24-19-11-10-18-23(24)28-30(29)27(25)31-22-16-8-3-9-17-22/h1-9,12-17,23-28H,10-11,18-19H2. The van der Waals surface area contributed by atoms with Crippen molar-refractivity contribution in [3.63, 3.8) is 0 Å². The molecule has 1 aliphatic carbocycles. The van der Waals surface area contributed by atoms with E-state index in [1.54, 1.807) is 0 Å². The summed E-state index contributed by atoms with van der Waals surface area (Å²) in [5.41, 5.74) is 6.81. The van der Waals surface area contributed by atoms with Crippen LogP contribution < -0.4 is 5.43 Å². The first-order valence-electron chi connectivity index (χ1n) is 11.6. The summed E-state index contributed by atoms with van der Waals surface area (Å²) in [6.07, 6.45) is 5.23. The Morgan fingerprint density at radius 3 is 2.03 bits per heavy atom. The lowest BCUT2D eigenvalue weighted by molar-refractivity contribution is -0.0211. The Bertz CT molecular complexity index is 997. The molecule has 0 amide bonds. The second-order valence-corrected chi connectivity index (χ2v) is 10.1. The van der Waals surface area contributed by atoms with Gasteiger partial charge in [-0.15, -0.1) is 11.8 Å². The Morgan fingerprint density at radius 2 is 1.32 bits per heavy atom. The summed E-state index contributed by atoms with van der Waals surface area (Å²) in [5.74, 6) is 0.379. The van der Waals surface area contributed by atoms with Gasteiger partial charge in [0.1, 0.15) is 0 Å². The van der Waals surface area contributed by atoms with Gasteiger partial charge in [0.05, 0.1) is 11.4 Å². The van der Waals surface area contributed by atoms with E-state index in [0.29, 0.717) is 29.4 Å². The van der Waals surface area contributed by atoms with Crippen LogP contribution in [0.15, 0.2) is 95.9 Å². The van der Waals surface area contributed by atoms with E-state index in [0.717, 1.165) is 0 Å². The van der Waals surface area contributed by atoms with E-state index in [1.807, 2.05) is 11.8 Å². The van der Waals surface area contributed by atoms with Crippen molar-refractivity contribution in [3.05, 3.63) is 102 Å². The minimum Gasteiger partial charge on any atom is -0.235 e. The predicted octanol–water partition coefficient (Wildman–Crippen LogP) is 5.99. The first kappa shape index (κ1) is 19.6. The molecule has 3 aromatic carbocycles. The van der Waals surface area contributed by atoms with E-state index in [2.05, 4.69) is 107 Å². The Labute approximate surface area is 189 Å². The van der Waals surface area contributed by atoms with Crippen molar-refractivity contribution < 1.29 is 0 Å². The Hall–Kier alpha value is -2.11. The van der Waals surface area contributed by atoms with Gasteiger partial charge in [0.2, 0.25) is 0 Å². The number of benzene rings is 3. The van der Waals surface area contributed by atoms with Crippen LogP contribution in [0.1, 0.15) is 48.8 Å². The van der Waals surface area contributed by atoms with Gasteiger partial charge >= 0.3 is 0 Å². The van der Waals surface area contributed by atoms with E-state index in [9.17, 15) is 0 Å². The normalized spacial score (nSPS) is 30.8. The largest absolute Gasteiger partial charge is 0.235 e. The van der Waals surface area contributed by atoms with Crippen LogP contribution in [0.4, 0.5) is 0 Å². The third-order valence-electron chi connectivity index (χ3n) is 7.12.